The van der Waals surface area contributed by atoms with Gasteiger partial charge in [-0.15, -0.1) is 0 Å². The van der Waals surface area contributed by atoms with Gasteiger partial charge in [0.15, 0.2) is 0 Å². The van der Waals surface area contributed by atoms with Crippen molar-refractivity contribution in [1.29, 1.82) is 0 Å². The molecule has 6 heteroatoms. The molecule has 2 heterocycles. The van der Waals surface area contributed by atoms with Crippen molar-refractivity contribution in [2.75, 3.05) is 0 Å². The van der Waals surface area contributed by atoms with Crippen molar-refractivity contribution in [2.45, 2.75) is 51.1 Å². The number of hydrogen-bond acceptors (Lipinski definition) is 4. The molecule has 1 saturated carbocycles. The number of carbonyl (C=O) groups is 2. The van der Waals surface area contributed by atoms with Crippen molar-refractivity contribution in [1.82, 2.24) is 10.1 Å². The van der Waals surface area contributed by atoms with E-state index in [1.807, 2.05) is 31.2 Å². The summed E-state index contributed by atoms with van der Waals surface area (Å²) in [6.45, 7) is 2.00. The van der Waals surface area contributed by atoms with Crippen LogP contribution >= 0.6 is 0 Å². The van der Waals surface area contributed by atoms with Crippen LogP contribution in [0.15, 0.2) is 34.9 Å². The first-order valence-corrected chi connectivity index (χ1v) is 9.14. The fourth-order valence-electron chi connectivity index (χ4n) is 4.34. The second-order valence-electron chi connectivity index (χ2n) is 7.36. The molecule has 6 nitrogen and oxygen atoms in total. The van der Waals surface area contributed by atoms with E-state index in [1.54, 1.807) is 6.07 Å². The largest absolute Gasteiger partial charge is 0.480 e. The molecule has 3 unspecified atom stereocenters. The van der Waals surface area contributed by atoms with Crippen LogP contribution in [0.2, 0.25) is 0 Å². The molecule has 1 aliphatic carbocycles. The van der Waals surface area contributed by atoms with E-state index >= 15 is 0 Å². The number of nitrogens with zero attached hydrogens (tertiary/aromatic N) is 2. The molecular formula is C20H22N2O4. The van der Waals surface area contributed by atoms with Crippen molar-refractivity contribution in [2.24, 2.45) is 5.92 Å². The Kier molecular flexibility index (Phi) is 4.26. The van der Waals surface area contributed by atoms with Crippen LogP contribution in [-0.4, -0.2) is 39.1 Å². The van der Waals surface area contributed by atoms with Gasteiger partial charge in [0.2, 0.25) is 5.76 Å². The van der Waals surface area contributed by atoms with E-state index in [1.165, 1.54) is 4.90 Å². The molecule has 0 spiro atoms. The zero-order chi connectivity index (χ0) is 18.3. The van der Waals surface area contributed by atoms with Gasteiger partial charge in [-0.3, -0.25) is 4.79 Å². The SMILES string of the molecule is Cc1ccc(-c2cc(C(=O)N3C(C(=O)O)CC4CCCCC43)on2)cc1. The van der Waals surface area contributed by atoms with Crippen molar-refractivity contribution in [3.05, 3.63) is 41.7 Å². The fraction of sp³-hybridized carbons (Fsp3) is 0.450. The molecule has 1 aromatic carbocycles. The molecule has 1 N–H and O–H groups in total. The lowest BCUT2D eigenvalue weighted by molar-refractivity contribution is -0.141. The van der Waals surface area contributed by atoms with Gasteiger partial charge in [-0.05, 0) is 32.1 Å². The lowest BCUT2D eigenvalue weighted by atomic mass is 9.84. The summed E-state index contributed by atoms with van der Waals surface area (Å²) >= 11 is 0. The maximum Gasteiger partial charge on any atom is 0.326 e. The molecule has 2 aliphatic rings. The predicted octanol–water partition coefficient (Wildman–Crippen LogP) is 3.51. The number of fused-ring (bicyclic) bond motifs is 1. The second kappa shape index (κ2) is 6.59. The average Bonchev–Trinajstić information content (AvgIpc) is 3.27. The van der Waals surface area contributed by atoms with Crippen LogP contribution in [0.1, 0.15) is 48.2 Å². The molecule has 1 saturated heterocycles. The number of carboxylic acid groups (broad SMARTS) is 1. The molecule has 1 aromatic heterocycles. The van der Waals surface area contributed by atoms with E-state index in [9.17, 15) is 14.7 Å². The molecule has 136 valence electrons. The average molecular weight is 354 g/mol. The maximum atomic E-state index is 13.0. The van der Waals surface area contributed by atoms with Crippen LogP contribution in [0, 0.1) is 12.8 Å². The van der Waals surface area contributed by atoms with E-state index in [-0.39, 0.29) is 23.6 Å². The highest BCUT2D eigenvalue weighted by molar-refractivity contribution is 5.95. The molecule has 2 fully saturated rings. The fourth-order valence-corrected chi connectivity index (χ4v) is 4.34. The lowest BCUT2D eigenvalue weighted by Crippen LogP contribution is -2.46. The highest BCUT2D eigenvalue weighted by Gasteiger charge is 2.48. The Morgan fingerprint density at radius 3 is 2.65 bits per heavy atom. The summed E-state index contributed by atoms with van der Waals surface area (Å²) in [6, 6.07) is 8.62. The van der Waals surface area contributed by atoms with E-state index in [4.69, 9.17) is 4.52 Å². The molecule has 4 rings (SSSR count). The number of aromatic nitrogens is 1. The topological polar surface area (TPSA) is 83.6 Å². The minimum absolute atomic E-state index is 0.00900. The van der Waals surface area contributed by atoms with Gasteiger partial charge in [0.1, 0.15) is 11.7 Å². The summed E-state index contributed by atoms with van der Waals surface area (Å²) in [6.07, 6.45) is 4.52. The number of amides is 1. The van der Waals surface area contributed by atoms with E-state index in [2.05, 4.69) is 5.16 Å². The molecule has 3 atom stereocenters. The number of hydrogen-bond donors (Lipinski definition) is 1. The number of benzene rings is 1. The van der Waals surface area contributed by atoms with Gasteiger partial charge in [-0.25, -0.2) is 4.79 Å². The maximum absolute atomic E-state index is 13.0. The van der Waals surface area contributed by atoms with Crippen LogP contribution in [0.3, 0.4) is 0 Å². The number of likely N-dealkylation sites (tertiary alicyclic amines) is 1. The number of aliphatic carboxylic acids is 1. The van der Waals surface area contributed by atoms with Crippen LogP contribution in [0.25, 0.3) is 11.3 Å². The number of aryl methyl sites for hydroxylation is 1. The quantitative estimate of drug-likeness (QED) is 0.912. The number of carbonyl (C=O) groups excluding carboxylic acids is 1. The number of rotatable bonds is 3. The highest BCUT2D eigenvalue weighted by Crippen LogP contribution is 2.40. The zero-order valence-electron chi connectivity index (χ0n) is 14.7. The van der Waals surface area contributed by atoms with Crippen LogP contribution in [0.5, 0.6) is 0 Å². The molecule has 26 heavy (non-hydrogen) atoms. The third kappa shape index (κ3) is 2.89. The lowest BCUT2D eigenvalue weighted by Gasteiger charge is -2.32. The second-order valence-corrected chi connectivity index (χ2v) is 7.36. The van der Waals surface area contributed by atoms with E-state index in [0.29, 0.717) is 12.1 Å². The van der Waals surface area contributed by atoms with Gasteiger partial charge in [0.25, 0.3) is 5.91 Å². The Bertz CT molecular complexity index is 827. The summed E-state index contributed by atoms with van der Waals surface area (Å²) in [4.78, 5) is 26.3. The van der Waals surface area contributed by atoms with Crippen LogP contribution in [-0.2, 0) is 4.79 Å². The summed E-state index contributed by atoms with van der Waals surface area (Å²) in [5.41, 5.74) is 2.59. The molecule has 1 amide bonds. The van der Waals surface area contributed by atoms with Crippen molar-refractivity contribution in [3.63, 3.8) is 0 Å². The number of carboxylic acids is 1. The minimum atomic E-state index is -0.939. The Balaban J connectivity index is 1.61. The van der Waals surface area contributed by atoms with Gasteiger partial charge in [0, 0.05) is 17.7 Å². The Morgan fingerprint density at radius 2 is 1.92 bits per heavy atom. The van der Waals surface area contributed by atoms with E-state index < -0.39 is 12.0 Å². The molecule has 1 aliphatic heterocycles. The summed E-state index contributed by atoms with van der Waals surface area (Å²) in [5, 5.41) is 13.6. The van der Waals surface area contributed by atoms with Gasteiger partial charge >= 0.3 is 5.97 Å². The van der Waals surface area contributed by atoms with Crippen molar-refractivity contribution < 1.29 is 19.2 Å². The highest BCUT2D eigenvalue weighted by atomic mass is 16.5. The molecule has 2 aromatic rings. The zero-order valence-corrected chi connectivity index (χ0v) is 14.7. The molecule has 0 bridgehead atoms. The molecular weight excluding hydrogens is 332 g/mol. The van der Waals surface area contributed by atoms with Gasteiger partial charge in [-0.1, -0.05) is 47.8 Å². The standard InChI is InChI=1S/C20H22N2O4/c1-12-6-8-13(9-7-12)15-11-18(26-21-15)19(23)22-16-5-3-2-4-14(16)10-17(22)20(24)25/h6-9,11,14,16-17H,2-5,10H2,1H3,(H,24,25). The minimum Gasteiger partial charge on any atom is -0.480 e. The first-order chi connectivity index (χ1) is 12.5. The summed E-state index contributed by atoms with van der Waals surface area (Å²) in [7, 11) is 0. The van der Waals surface area contributed by atoms with Crippen LogP contribution < -0.4 is 0 Å². The van der Waals surface area contributed by atoms with Crippen molar-refractivity contribution >= 4 is 11.9 Å². The molecule has 0 radical (unpaired) electrons. The van der Waals surface area contributed by atoms with E-state index in [0.717, 1.165) is 36.8 Å². The van der Waals surface area contributed by atoms with Crippen LogP contribution in [0.4, 0.5) is 0 Å². The van der Waals surface area contributed by atoms with Gasteiger partial charge in [0.05, 0.1) is 0 Å². The van der Waals surface area contributed by atoms with Crippen molar-refractivity contribution in [3.8, 4) is 11.3 Å². The third-order valence-corrected chi connectivity index (χ3v) is 5.68. The third-order valence-electron chi connectivity index (χ3n) is 5.68. The monoisotopic (exact) mass is 354 g/mol. The summed E-state index contributed by atoms with van der Waals surface area (Å²) in [5.74, 6) is -0.921. The Hall–Kier alpha value is -2.63. The first-order valence-electron chi connectivity index (χ1n) is 9.14. The smallest absolute Gasteiger partial charge is 0.326 e. The predicted molar refractivity (Wildman–Crippen MR) is 94.6 cm³/mol. The summed E-state index contributed by atoms with van der Waals surface area (Å²) < 4.78 is 5.30. The van der Waals surface area contributed by atoms with Gasteiger partial charge in [-0.2, -0.15) is 0 Å². The Labute approximate surface area is 151 Å². The Morgan fingerprint density at radius 1 is 1.19 bits per heavy atom. The first kappa shape index (κ1) is 16.8. The normalized spacial score (nSPS) is 25.1. The van der Waals surface area contributed by atoms with Gasteiger partial charge < -0.3 is 14.5 Å².